The number of nitrogens with zero attached hydrogens (tertiary/aromatic N) is 1. The first-order valence-electron chi connectivity index (χ1n) is 5.09. The van der Waals surface area contributed by atoms with E-state index in [0.29, 0.717) is 10.6 Å². The number of benzene rings is 1. The molecule has 1 heterocycles. The molecule has 0 unspecified atom stereocenters. The van der Waals surface area contributed by atoms with Crippen molar-refractivity contribution in [2.45, 2.75) is 0 Å². The van der Waals surface area contributed by atoms with Crippen molar-refractivity contribution in [2.24, 2.45) is 0 Å². The highest BCUT2D eigenvalue weighted by Gasteiger charge is 2.15. The molecule has 1 aromatic carbocycles. The highest BCUT2D eigenvalue weighted by atomic mass is 32.2. The van der Waals surface area contributed by atoms with E-state index in [-0.39, 0.29) is 11.5 Å². The van der Waals surface area contributed by atoms with Crippen molar-refractivity contribution < 1.29 is 17.6 Å². The van der Waals surface area contributed by atoms with Crippen molar-refractivity contribution >= 4 is 27.3 Å². The third-order valence-corrected chi connectivity index (χ3v) is 3.55. The molecule has 8 heteroatoms. The normalized spacial score (nSPS) is 11.3. The van der Waals surface area contributed by atoms with Gasteiger partial charge in [-0.2, -0.15) is 0 Å². The van der Waals surface area contributed by atoms with Crippen molar-refractivity contribution in [3.05, 3.63) is 41.2 Å². The lowest BCUT2D eigenvalue weighted by molar-refractivity contribution is 0.0977. The molecule has 1 aromatic heterocycles. The highest BCUT2D eigenvalue weighted by Crippen LogP contribution is 2.23. The minimum absolute atomic E-state index is 0.00903. The second-order valence-corrected chi connectivity index (χ2v) is 6.35. The summed E-state index contributed by atoms with van der Waals surface area (Å²) < 4.78 is 36.5. The number of sulfonamides is 1. The van der Waals surface area contributed by atoms with Crippen molar-refractivity contribution in [1.29, 1.82) is 0 Å². The molecule has 0 bridgehead atoms. The summed E-state index contributed by atoms with van der Waals surface area (Å²) in [6, 6.07) is 5.64. The average molecular weight is 300 g/mol. The first kappa shape index (κ1) is 13.6. The lowest BCUT2D eigenvalue weighted by Gasteiger charge is -1.98. The van der Waals surface area contributed by atoms with Crippen LogP contribution >= 0.6 is 11.3 Å². The minimum Gasteiger partial charge on any atom is -0.266 e. The number of aromatic nitrogens is 1. The molecule has 1 amide bonds. The van der Waals surface area contributed by atoms with Crippen LogP contribution in [-0.4, -0.2) is 25.6 Å². The van der Waals surface area contributed by atoms with Crippen LogP contribution in [0.5, 0.6) is 0 Å². The van der Waals surface area contributed by atoms with E-state index in [0.717, 1.165) is 6.26 Å². The molecule has 19 heavy (non-hydrogen) atoms. The molecule has 0 aliphatic heterocycles. The first-order valence-corrected chi connectivity index (χ1v) is 7.86. The number of carbonyl (C=O) groups excluding carboxylic acids is 1. The number of nitrogens with one attached hydrogen (secondary N) is 1. The van der Waals surface area contributed by atoms with E-state index < -0.39 is 15.9 Å². The van der Waals surface area contributed by atoms with Crippen LogP contribution in [0.4, 0.5) is 4.39 Å². The van der Waals surface area contributed by atoms with Crippen LogP contribution in [0, 0.1) is 5.82 Å². The summed E-state index contributed by atoms with van der Waals surface area (Å²) in [5.41, 5.74) is 0.666. The third kappa shape index (κ3) is 3.58. The summed E-state index contributed by atoms with van der Waals surface area (Å²) in [6.45, 7) is 0. The topological polar surface area (TPSA) is 76.1 Å². The maximum Gasteiger partial charge on any atom is 0.284 e. The molecule has 0 aliphatic carbocycles. The number of thiazole rings is 1. The highest BCUT2D eigenvalue weighted by molar-refractivity contribution is 7.89. The predicted molar refractivity (Wildman–Crippen MR) is 69.8 cm³/mol. The molecular formula is C11H9FN2O3S2. The molecule has 0 saturated carbocycles. The van der Waals surface area contributed by atoms with Crippen LogP contribution in [0.25, 0.3) is 10.6 Å². The third-order valence-electron chi connectivity index (χ3n) is 2.11. The van der Waals surface area contributed by atoms with Gasteiger partial charge in [-0.3, -0.25) is 4.79 Å². The van der Waals surface area contributed by atoms with Crippen LogP contribution in [-0.2, 0) is 10.0 Å². The van der Waals surface area contributed by atoms with Crippen LogP contribution in [0.3, 0.4) is 0 Å². The number of hydrogen-bond donors (Lipinski definition) is 1. The maximum absolute atomic E-state index is 12.8. The van der Waals surface area contributed by atoms with Gasteiger partial charge in [-0.05, 0) is 24.3 Å². The summed E-state index contributed by atoms with van der Waals surface area (Å²) in [7, 11) is -3.62. The van der Waals surface area contributed by atoms with Gasteiger partial charge in [0.1, 0.15) is 16.5 Å². The molecule has 0 saturated heterocycles. The zero-order chi connectivity index (χ0) is 14.0. The first-order chi connectivity index (χ1) is 8.85. The number of hydrogen-bond acceptors (Lipinski definition) is 5. The summed E-state index contributed by atoms with van der Waals surface area (Å²) in [6.07, 6.45) is 0.887. The number of carbonyl (C=O) groups is 1. The predicted octanol–water partition coefficient (Wildman–Crippen LogP) is 1.64. The second kappa shape index (κ2) is 5.06. The fourth-order valence-electron chi connectivity index (χ4n) is 1.32. The molecule has 0 atom stereocenters. The number of rotatable bonds is 3. The van der Waals surface area contributed by atoms with Crippen molar-refractivity contribution in [3.63, 3.8) is 0 Å². The van der Waals surface area contributed by atoms with Gasteiger partial charge in [-0.15, -0.1) is 11.3 Å². The summed E-state index contributed by atoms with van der Waals surface area (Å²) in [5, 5.41) is 1.96. The fourth-order valence-corrected chi connectivity index (χ4v) is 2.57. The monoisotopic (exact) mass is 300 g/mol. The average Bonchev–Trinajstić information content (AvgIpc) is 2.77. The molecule has 0 radical (unpaired) electrons. The molecule has 0 aliphatic rings. The zero-order valence-electron chi connectivity index (χ0n) is 9.75. The minimum atomic E-state index is -3.62. The Morgan fingerprint density at radius 3 is 2.53 bits per heavy atom. The second-order valence-electron chi connectivity index (χ2n) is 3.75. The Labute approximate surface area is 113 Å². The van der Waals surface area contributed by atoms with E-state index in [1.165, 1.54) is 41.0 Å². The Hall–Kier alpha value is -1.80. The van der Waals surface area contributed by atoms with E-state index >= 15 is 0 Å². The lowest BCUT2D eigenvalue weighted by atomic mass is 10.2. The molecule has 0 fully saturated rings. The molecule has 1 N–H and O–H groups in total. The van der Waals surface area contributed by atoms with E-state index in [1.54, 1.807) is 0 Å². The van der Waals surface area contributed by atoms with E-state index in [2.05, 4.69) is 4.98 Å². The molecule has 5 nitrogen and oxygen atoms in total. The van der Waals surface area contributed by atoms with Gasteiger partial charge in [0, 0.05) is 10.9 Å². The largest absolute Gasteiger partial charge is 0.284 e. The standard InChI is InChI=1S/C11H9FN2O3S2/c1-19(16,17)14-10(15)9-6-18-11(13-9)7-2-4-8(12)5-3-7/h2-6H,1H3,(H,14,15). The van der Waals surface area contributed by atoms with Gasteiger partial charge in [-0.1, -0.05) is 0 Å². The lowest BCUT2D eigenvalue weighted by Crippen LogP contribution is -2.29. The van der Waals surface area contributed by atoms with Gasteiger partial charge in [0.15, 0.2) is 0 Å². The molecular weight excluding hydrogens is 291 g/mol. The van der Waals surface area contributed by atoms with E-state index in [1.807, 2.05) is 4.72 Å². The summed E-state index contributed by atoms with van der Waals surface area (Å²) >= 11 is 1.17. The van der Waals surface area contributed by atoms with Crippen LogP contribution in [0.1, 0.15) is 10.5 Å². The Kier molecular flexibility index (Phi) is 3.63. The van der Waals surface area contributed by atoms with E-state index in [9.17, 15) is 17.6 Å². The van der Waals surface area contributed by atoms with Gasteiger partial charge < -0.3 is 0 Å². The Morgan fingerprint density at radius 1 is 1.32 bits per heavy atom. The SMILES string of the molecule is CS(=O)(=O)NC(=O)c1csc(-c2ccc(F)cc2)n1. The van der Waals surface area contributed by atoms with Gasteiger partial charge in [-0.25, -0.2) is 22.5 Å². The quantitative estimate of drug-likeness (QED) is 0.935. The number of halogens is 1. The maximum atomic E-state index is 12.8. The van der Waals surface area contributed by atoms with Crippen molar-refractivity contribution in [2.75, 3.05) is 6.26 Å². The number of amides is 1. The van der Waals surface area contributed by atoms with Crippen molar-refractivity contribution in [3.8, 4) is 10.6 Å². The zero-order valence-corrected chi connectivity index (χ0v) is 11.4. The van der Waals surface area contributed by atoms with Gasteiger partial charge in [0.25, 0.3) is 5.91 Å². The molecule has 2 aromatic rings. The van der Waals surface area contributed by atoms with E-state index in [4.69, 9.17) is 0 Å². The van der Waals surface area contributed by atoms with Crippen LogP contribution < -0.4 is 4.72 Å². The molecule has 100 valence electrons. The van der Waals surface area contributed by atoms with Gasteiger partial charge in [0.2, 0.25) is 10.0 Å². The van der Waals surface area contributed by atoms with Crippen LogP contribution in [0.2, 0.25) is 0 Å². The Bertz CT molecular complexity index is 708. The Balaban J connectivity index is 2.24. The Morgan fingerprint density at radius 2 is 1.95 bits per heavy atom. The molecule has 0 spiro atoms. The summed E-state index contributed by atoms with van der Waals surface area (Å²) in [4.78, 5) is 15.6. The van der Waals surface area contributed by atoms with Crippen molar-refractivity contribution in [1.82, 2.24) is 9.71 Å². The summed E-state index contributed by atoms with van der Waals surface area (Å²) in [5.74, 6) is -1.15. The fraction of sp³-hybridized carbons (Fsp3) is 0.0909. The van der Waals surface area contributed by atoms with Gasteiger partial charge in [0.05, 0.1) is 6.26 Å². The van der Waals surface area contributed by atoms with Gasteiger partial charge >= 0.3 is 0 Å². The smallest absolute Gasteiger partial charge is 0.266 e. The molecule has 2 rings (SSSR count). The van der Waals surface area contributed by atoms with Crippen LogP contribution in [0.15, 0.2) is 29.6 Å².